The summed E-state index contributed by atoms with van der Waals surface area (Å²) in [6.07, 6.45) is -0.310. The Morgan fingerprint density at radius 1 is 0.677 bits per heavy atom. The summed E-state index contributed by atoms with van der Waals surface area (Å²) < 4.78 is 6.29. The van der Waals surface area contributed by atoms with Crippen molar-refractivity contribution < 1.29 is 14.3 Å². The summed E-state index contributed by atoms with van der Waals surface area (Å²) in [7, 11) is 0. The summed E-state index contributed by atoms with van der Waals surface area (Å²) in [6.45, 7) is 0.201. The zero-order valence-corrected chi connectivity index (χ0v) is 16.7. The van der Waals surface area contributed by atoms with Gasteiger partial charge in [-0.25, -0.2) is 0 Å². The highest BCUT2D eigenvalue weighted by molar-refractivity contribution is 6.25. The Labute approximate surface area is 179 Å². The molecule has 0 saturated carbocycles. The number of carbonyl (C=O) groups is 2. The molecule has 2 heterocycles. The highest BCUT2D eigenvalue weighted by Gasteiger charge is 2.60. The van der Waals surface area contributed by atoms with Gasteiger partial charge in [0, 0.05) is 16.5 Å². The molecule has 6 rings (SSSR count). The molecule has 0 N–H and O–H groups in total. The Kier molecular flexibility index (Phi) is 3.86. The predicted octanol–water partition coefficient (Wildman–Crippen LogP) is 4.78. The molecule has 0 bridgehead atoms. The number of amides is 2. The van der Waals surface area contributed by atoms with Crippen molar-refractivity contribution in [2.75, 3.05) is 6.54 Å². The minimum atomic E-state index is -0.661. The fraction of sp³-hybridized carbons (Fsp3) is 0.111. The molecule has 4 aromatic carbocycles. The van der Waals surface area contributed by atoms with Gasteiger partial charge in [-0.05, 0) is 28.6 Å². The van der Waals surface area contributed by atoms with E-state index in [9.17, 15) is 9.59 Å². The fourth-order valence-corrected chi connectivity index (χ4v) is 4.81. The van der Waals surface area contributed by atoms with Gasteiger partial charge in [-0.15, -0.1) is 0 Å². The fourth-order valence-electron chi connectivity index (χ4n) is 4.81. The number of hydrogen-bond acceptors (Lipinski definition) is 3. The first kappa shape index (κ1) is 18.0. The molecule has 0 aliphatic carbocycles. The molecule has 4 heteroatoms. The lowest BCUT2D eigenvalue weighted by Gasteiger charge is -2.27. The number of epoxide rings is 1. The number of imide groups is 1. The molecule has 0 radical (unpaired) electrons. The lowest BCUT2D eigenvalue weighted by Crippen LogP contribution is -2.43. The van der Waals surface area contributed by atoms with E-state index in [1.165, 1.54) is 4.90 Å². The molecule has 2 aliphatic rings. The van der Waals surface area contributed by atoms with Crippen LogP contribution in [-0.2, 0) is 10.3 Å². The van der Waals surface area contributed by atoms with Gasteiger partial charge in [-0.1, -0.05) is 84.9 Å². The third-order valence-corrected chi connectivity index (χ3v) is 6.33. The maximum absolute atomic E-state index is 13.3. The second-order valence-corrected chi connectivity index (χ2v) is 8.00. The first-order valence-electron chi connectivity index (χ1n) is 10.4. The van der Waals surface area contributed by atoms with E-state index in [4.69, 9.17) is 4.74 Å². The van der Waals surface area contributed by atoms with E-state index in [0.29, 0.717) is 11.1 Å². The van der Waals surface area contributed by atoms with Gasteiger partial charge in [0.1, 0.15) is 11.7 Å². The number of hydrogen-bond donors (Lipinski definition) is 0. The van der Waals surface area contributed by atoms with Crippen molar-refractivity contribution in [1.82, 2.24) is 4.90 Å². The van der Waals surface area contributed by atoms with E-state index in [1.807, 2.05) is 84.9 Å². The zero-order valence-electron chi connectivity index (χ0n) is 16.7. The summed E-state index contributed by atoms with van der Waals surface area (Å²) in [4.78, 5) is 28.0. The molecule has 1 atom stereocenters. The smallest absolute Gasteiger partial charge is 0.261 e. The summed E-state index contributed by atoms with van der Waals surface area (Å²) >= 11 is 0. The van der Waals surface area contributed by atoms with Crippen LogP contribution in [0.2, 0.25) is 0 Å². The molecule has 2 aliphatic heterocycles. The molecule has 1 fully saturated rings. The van der Waals surface area contributed by atoms with Gasteiger partial charge in [0.15, 0.2) is 0 Å². The van der Waals surface area contributed by atoms with Crippen molar-refractivity contribution in [3.05, 3.63) is 119 Å². The first-order valence-corrected chi connectivity index (χ1v) is 10.4. The quantitative estimate of drug-likeness (QED) is 0.363. The Morgan fingerprint density at radius 3 is 1.71 bits per heavy atom. The summed E-state index contributed by atoms with van der Waals surface area (Å²) in [5, 5.41) is 1.65. The van der Waals surface area contributed by atoms with Crippen molar-refractivity contribution in [2.24, 2.45) is 0 Å². The van der Waals surface area contributed by atoms with E-state index in [2.05, 4.69) is 0 Å². The zero-order chi connectivity index (χ0) is 21.0. The number of ether oxygens (including phenoxy) is 1. The number of benzene rings is 4. The highest BCUT2D eigenvalue weighted by atomic mass is 16.6. The van der Waals surface area contributed by atoms with Gasteiger partial charge >= 0.3 is 0 Å². The number of rotatable bonds is 4. The van der Waals surface area contributed by atoms with Gasteiger partial charge in [0.25, 0.3) is 11.8 Å². The average molecular weight is 405 g/mol. The van der Waals surface area contributed by atoms with Crippen molar-refractivity contribution in [2.45, 2.75) is 11.7 Å². The monoisotopic (exact) mass is 405 g/mol. The molecule has 2 amide bonds. The SMILES string of the molecule is O=C1c2cccc3cccc(c23)C(=O)N1CC1OC1(c1ccccc1)c1ccccc1. The molecule has 150 valence electrons. The van der Waals surface area contributed by atoms with Crippen LogP contribution in [-0.4, -0.2) is 29.4 Å². The minimum absolute atomic E-state index is 0.201. The van der Waals surface area contributed by atoms with Crippen molar-refractivity contribution >= 4 is 22.6 Å². The van der Waals surface area contributed by atoms with Crippen LogP contribution in [0.4, 0.5) is 0 Å². The van der Waals surface area contributed by atoms with Crippen LogP contribution in [0.25, 0.3) is 10.8 Å². The standard InChI is InChI=1S/C27H19NO3/c29-25-21-15-7-9-18-10-8-16-22(24(18)21)26(30)28(25)17-23-27(31-23,19-11-3-1-4-12-19)20-13-5-2-6-14-20/h1-16,23H,17H2. The van der Waals surface area contributed by atoms with E-state index < -0.39 is 5.60 Å². The lowest BCUT2D eigenvalue weighted by atomic mass is 9.87. The van der Waals surface area contributed by atoms with Gasteiger partial charge in [-0.2, -0.15) is 0 Å². The molecule has 4 nitrogen and oxygen atoms in total. The minimum Gasteiger partial charge on any atom is -0.354 e. The van der Waals surface area contributed by atoms with Crippen LogP contribution in [0.1, 0.15) is 31.8 Å². The first-order chi connectivity index (χ1) is 15.2. The molecule has 1 saturated heterocycles. The van der Waals surface area contributed by atoms with Gasteiger partial charge in [0.05, 0.1) is 6.54 Å². The van der Waals surface area contributed by atoms with Crippen LogP contribution < -0.4 is 0 Å². The van der Waals surface area contributed by atoms with Crippen LogP contribution in [0.5, 0.6) is 0 Å². The summed E-state index contributed by atoms with van der Waals surface area (Å²) in [6, 6.07) is 31.1. The van der Waals surface area contributed by atoms with E-state index in [-0.39, 0.29) is 24.5 Å². The molecule has 0 aromatic heterocycles. The number of carbonyl (C=O) groups excluding carboxylic acids is 2. The van der Waals surface area contributed by atoms with Crippen molar-refractivity contribution in [1.29, 1.82) is 0 Å². The maximum Gasteiger partial charge on any atom is 0.261 e. The predicted molar refractivity (Wildman–Crippen MR) is 118 cm³/mol. The molecule has 0 spiro atoms. The Balaban J connectivity index is 1.40. The van der Waals surface area contributed by atoms with E-state index in [1.54, 1.807) is 12.1 Å². The van der Waals surface area contributed by atoms with Crippen LogP contribution >= 0.6 is 0 Å². The molecular weight excluding hydrogens is 386 g/mol. The Morgan fingerprint density at radius 2 is 1.19 bits per heavy atom. The molecule has 1 unspecified atom stereocenters. The third kappa shape index (κ3) is 2.58. The second-order valence-electron chi connectivity index (χ2n) is 8.00. The summed E-state index contributed by atoms with van der Waals surface area (Å²) in [5.41, 5.74) is 2.51. The molecule has 4 aromatic rings. The normalized spacial score (nSPS) is 19.0. The van der Waals surface area contributed by atoms with E-state index >= 15 is 0 Å². The summed E-state index contributed by atoms with van der Waals surface area (Å²) in [5.74, 6) is -0.528. The van der Waals surface area contributed by atoms with E-state index in [0.717, 1.165) is 21.9 Å². The molecular formula is C27H19NO3. The van der Waals surface area contributed by atoms with Gasteiger partial charge in [0.2, 0.25) is 0 Å². The van der Waals surface area contributed by atoms with Crippen LogP contribution in [0, 0.1) is 0 Å². The largest absolute Gasteiger partial charge is 0.354 e. The van der Waals surface area contributed by atoms with Gasteiger partial charge in [-0.3, -0.25) is 14.5 Å². The van der Waals surface area contributed by atoms with Crippen molar-refractivity contribution in [3.8, 4) is 0 Å². The second kappa shape index (κ2) is 6.62. The van der Waals surface area contributed by atoms with Gasteiger partial charge < -0.3 is 4.74 Å². The number of nitrogens with zero attached hydrogens (tertiary/aromatic N) is 1. The topological polar surface area (TPSA) is 49.9 Å². The highest BCUT2D eigenvalue weighted by Crippen LogP contribution is 2.52. The van der Waals surface area contributed by atoms with Crippen LogP contribution in [0.15, 0.2) is 97.1 Å². The Bertz CT molecular complexity index is 1240. The lowest BCUT2D eigenvalue weighted by molar-refractivity contribution is 0.0598. The Hall–Kier alpha value is -3.76. The maximum atomic E-state index is 13.3. The average Bonchev–Trinajstić information content (AvgIpc) is 3.56. The van der Waals surface area contributed by atoms with Crippen molar-refractivity contribution in [3.63, 3.8) is 0 Å². The molecule has 31 heavy (non-hydrogen) atoms. The van der Waals surface area contributed by atoms with Crippen LogP contribution in [0.3, 0.4) is 0 Å². The third-order valence-electron chi connectivity index (χ3n) is 6.33.